The van der Waals surface area contributed by atoms with E-state index < -0.39 is 18.1 Å². The topological polar surface area (TPSA) is 69.0 Å². The zero-order chi connectivity index (χ0) is 25.8. The molecule has 0 saturated heterocycles. The Balaban J connectivity index is 1.45. The van der Waals surface area contributed by atoms with Gasteiger partial charge < -0.3 is 14.8 Å². The second kappa shape index (κ2) is 8.97. The van der Waals surface area contributed by atoms with Crippen LogP contribution in [0.4, 0.5) is 24.5 Å². The Morgan fingerprint density at radius 1 is 1.28 bits per heavy atom. The summed E-state index contributed by atoms with van der Waals surface area (Å²) >= 11 is 6.05. The average molecular weight is 520 g/mol. The van der Waals surface area contributed by atoms with Crippen molar-refractivity contribution in [3.63, 3.8) is 0 Å². The number of hydrogen-bond donors (Lipinski definition) is 1. The van der Waals surface area contributed by atoms with E-state index in [0.29, 0.717) is 17.3 Å². The Labute approximate surface area is 210 Å². The van der Waals surface area contributed by atoms with Crippen LogP contribution in [-0.2, 0) is 11.2 Å². The maximum Gasteiger partial charge on any atom is 0.413 e. The molecule has 36 heavy (non-hydrogen) atoms. The standard InChI is InChI=1S/C24H25ClF3N7O/c1-14-17(13-32(2)30-14)23(36)33(3)22(24(26,27)28)15-6-8-16(9-7-15)34-10-4-5-18-19(34)12-29-21-11-20(25)31-35(18)21/h6-9,11-14,22,30H,4-5,10H2,1-3H3/t14?,22-/m0/s1. The van der Waals surface area contributed by atoms with Gasteiger partial charge in [-0.25, -0.2) is 14.9 Å². The van der Waals surface area contributed by atoms with Crippen LogP contribution in [0.15, 0.2) is 48.3 Å². The molecule has 5 rings (SSSR count). The summed E-state index contributed by atoms with van der Waals surface area (Å²) in [5.74, 6) is -0.677. The van der Waals surface area contributed by atoms with E-state index in [2.05, 4.69) is 15.5 Å². The smallest absolute Gasteiger partial charge is 0.339 e. The lowest BCUT2D eigenvalue weighted by atomic mass is 10.0. The third-order valence-corrected chi connectivity index (χ3v) is 6.78. The Morgan fingerprint density at radius 2 is 2.00 bits per heavy atom. The van der Waals surface area contributed by atoms with Gasteiger partial charge in [0.2, 0.25) is 0 Å². The molecular weight excluding hydrogens is 495 g/mol. The number of rotatable bonds is 4. The highest BCUT2D eigenvalue weighted by molar-refractivity contribution is 6.29. The minimum absolute atomic E-state index is 0.0145. The number of anilines is 2. The predicted octanol–water partition coefficient (Wildman–Crippen LogP) is 4.25. The van der Waals surface area contributed by atoms with Gasteiger partial charge in [0.05, 0.1) is 29.2 Å². The van der Waals surface area contributed by atoms with Gasteiger partial charge >= 0.3 is 6.18 Å². The van der Waals surface area contributed by atoms with E-state index in [9.17, 15) is 18.0 Å². The SMILES string of the molecule is CC1NN(C)C=C1C(=O)N(C)[C@@H](c1ccc(N2CCCc3c2cnc2cc(Cl)nn32)cc1)C(F)(F)F. The monoisotopic (exact) mass is 519 g/mol. The molecule has 1 amide bonds. The molecule has 0 spiro atoms. The molecule has 0 aliphatic carbocycles. The van der Waals surface area contributed by atoms with Crippen LogP contribution in [0.3, 0.4) is 0 Å². The molecule has 0 bridgehead atoms. The number of aryl methyl sites for hydroxylation is 1. The summed E-state index contributed by atoms with van der Waals surface area (Å²) in [5.41, 5.74) is 6.38. The molecule has 2 aliphatic rings. The molecule has 1 unspecified atom stereocenters. The van der Waals surface area contributed by atoms with Crippen molar-refractivity contribution in [2.75, 3.05) is 25.5 Å². The van der Waals surface area contributed by atoms with Crippen molar-refractivity contribution >= 4 is 34.5 Å². The number of carbonyl (C=O) groups is 1. The first-order chi connectivity index (χ1) is 17.0. The van der Waals surface area contributed by atoms with E-state index in [-0.39, 0.29) is 17.2 Å². The summed E-state index contributed by atoms with van der Waals surface area (Å²) in [6.45, 7) is 2.41. The Hall–Kier alpha value is -3.31. The summed E-state index contributed by atoms with van der Waals surface area (Å²) in [7, 11) is 2.88. The van der Waals surface area contributed by atoms with Crippen molar-refractivity contribution in [3.8, 4) is 0 Å². The normalized spacial score (nSPS) is 18.9. The fourth-order valence-corrected chi connectivity index (χ4v) is 5.13. The first-order valence-electron chi connectivity index (χ1n) is 11.5. The molecule has 2 atom stereocenters. The fourth-order valence-electron chi connectivity index (χ4n) is 4.96. The van der Waals surface area contributed by atoms with Crippen molar-refractivity contribution in [3.05, 3.63) is 64.7 Å². The molecule has 0 fully saturated rings. The van der Waals surface area contributed by atoms with E-state index in [0.717, 1.165) is 34.8 Å². The number of halogens is 4. The summed E-state index contributed by atoms with van der Waals surface area (Å²) < 4.78 is 44.3. The maximum absolute atomic E-state index is 14.2. The molecule has 2 aliphatic heterocycles. The summed E-state index contributed by atoms with van der Waals surface area (Å²) in [6.07, 6.45) is 0.222. The van der Waals surface area contributed by atoms with Crippen LogP contribution in [0.25, 0.3) is 5.65 Å². The third kappa shape index (κ3) is 4.26. The van der Waals surface area contributed by atoms with E-state index in [1.54, 1.807) is 47.9 Å². The van der Waals surface area contributed by atoms with Gasteiger partial charge in [-0.15, -0.1) is 0 Å². The van der Waals surface area contributed by atoms with Crippen LogP contribution >= 0.6 is 11.6 Å². The highest BCUT2D eigenvalue weighted by Crippen LogP contribution is 2.40. The van der Waals surface area contributed by atoms with Crippen LogP contribution in [0, 0.1) is 0 Å². The summed E-state index contributed by atoms with van der Waals surface area (Å²) in [6, 6.07) is 5.37. The number of nitrogens with one attached hydrogen (secondary N) is 1. The van der Waals surface area contributed by atoms with E-state index in [1.165, 1.54) is 25.4 Å². The van der Waals surface area contributed by atoms with Crippen molar-refractivity contribution in [2.45, 2.75) is 38.0 Å². The van der Waals surface area contributed by atoms with Crippen LogP contribution < -0.4 is 10.3 Å². The molecule has 190 valence electrons. The Morgan fingerprint density at radius 3 is 2.64 bits per heavy atom. The minimum Gasteiger partial charge on any atom is -0.339 e. The van der Waals surface area contributed by atoms with E-state index in [1.807, 2.05) is 4.90 Å². The van der Waals surface area contributed by atoms with E-state index >= 15 is 0 Å². The van der Waals surface area contributed by atoms with Crippen molar-refractivity contribution in [1.82, 2.24) is 29.9 Å². The van der Waals surface area contributed by atoms with Gasteiger partial charge in [0.25, 0.3) is 5.91 Å². The van der Waals surface area contributed by atoms with Crippen molar-refractivity contribution < 1.29 is 18.0 Å². The van der Waals surface area contributed by atoms with Gasteiger partial charge in [0.1, 0.15) is 0 Å². The number of fused-ring (bicyclic) bond motifs is 3. The number of alkyl halides is 3. The van der Waals surface area contributed by atoms with Gasteiger partial charge in [0.15, 0.2) is 16.8 Å². The quantitative estimate of drug-likeness (QED) is 0.556. The molecule has 4 heterocycles. The van der Waals surface area contributed by atoms with Gasteiger partial charge in [0, 0.05) is 38.6 Å². The van der Waals surface area contributed by atoms with Gasteiger partial charge in [-0.05, 0) is 37.5 Å². The summed E-state index contributed by atoms with van der Waals surface area (Å²) in [5, 5.41) is 6.23. The number of likely N-dealkylation sites (N-methyl/N-ethyl adjacent to an activating group) is 1. The number of aromatic nitrogens is 3. The zero-order valence-electron chi connectivity index (χ0n) is 19.9. The van der Waals surface area contributed by atoms with Gasteiger partial charge in [-0.1, -0.05) is 23.7 Å². The highest BCUT2D eigenvalue weighted by Gasteiger charge is 2.46. The number of amides is 1. The molecule has 0 radical (unpaired) electrons. The van der Waals surface area contributed by atoms with Crippen LogP contribution in [0.1, 0.15) is 30.6 Å². The summed E-state index contributed by atoms with van der Waals surface area (Å²) in [4.78, 5) is 20.2. The zero-order valence-corrected chi connectivity index (χ0v) is 20.7. The number of nitrogens with zero attached hydrogens (tertiary/aromatic N) is 6. The van der Waals surface area contributed by atoms with Crippen LogP contribution in [-0.4, -0.2) is 63.3 Å². The van der Waals surface area contributed by atoms with Gasteiger partial charge in [-0.2, -0.15) is 18.3 Å². The van der Waals surface area contributed by atoms with Gasteiger partial charge in [-0.3, -0.25) is 4.79 Å². The first-order valence-corrected chi connectivity index (χ1v) is 11.9. The van der Waals surface area contributed by atoms with Crippen molar-refractivity contribution in [1.29, 1.82) is 0 Å². The number of benzene rings is 1. The average Bonchev–Trinajstić information content (AvgIpc) is 3.38. The number of carbonyl (C=O) groups excluding carboxylic acids is 1. The highest BCUT2D eigenvalue weighted by atomic mass is 35.5. The van der Waals surface area contributed by atoms with Crippen LogP contribution in [0.5, 0.6) is 0 Å². The Kier molecular flexibility index (Phi) is 6.08. The largest absolute Gasteiger partial charge is 0.413 e. The van der Waals surface area contributed by atoms with Crippen LogP contribution in [0.2, 0.25) is 5.15 Å². The third-order valence-electron chi connectivity index (χ3n) is 6.60. The molecule has 12 heteroatoms. The predicted molar refractivity (Wildman–Crippen MR) is 130 cm³/mol. The maximum atomic E-state index is 14.2. The second-order valence-corrected chi connectivity index (χ2v) is 9.47. The lowest BCUT2D eigenvalue weighted by molar-refractivity contribution is -0.187. The molecule has 8 nitrogen and oxygen atoms in total. The fraction of sp³-hybridized carbons (Fsp3) is 0.375. The second-order valence-electron chi connectivity index (χ2n) is 9.08. The molecule has 2 aromatic heterocycles. The lowest BCUT2D eigenvalue weighted by Gasteiger charge is -2.33. The first kappa shape index (κ1) is 24.4. The number of hydrazine groups is 1. The molecular formula is C24H25ClF3N7O. The lowest BCUT2D eigenvalue weighted by Crippen LogP contribution is -2.42. The molecule has 0 saturated carbocycles. The molecule has 3 aromatic rings. The van der Waals surface area contributed by atoms with E-state index in [4.69, 9.17) is 11.6 Å². The number of hydrogen-bond acceptors (Lipinski definition) is 6. The molecule has 1 N–H and O–H groups in total. The minimum atomic E-state index is -4.65. The Bertz CT molecular complexity index is 1340. The van der Waals surface area contributed by atoms with Crippen molar-refractivity contribution in [2.24, 2.45) is 0 Å². The molecule has 1 aromatic carbocycles.